The molecule has 0 radical (unpaired) electrons. The van der Waals surface area contributed by atoms with Gasteiger partial charge < -0.3 is 14.9 Å². The molecule has 5 nitrogen and oxygen atoms in total. The van der Waals surface area contributed by atoms with E-state index in [1.165, 1.54) is 4.90 Å². The van der Waals surface area contributed by atoms with Crippen LogP contribution < -0.4 is 4.90 Å². The monoisotopic (exact) mass is 316 g/mol. The molecule has 0 bridgehead atoms. The summed E-state index contributed by atoms with van der Waals surface area (Å²) in [5, 5.41) is 9.90. The number of aryl methyl sites for hydroxylation is 1. The molecule has 1 heterocycles. The van der Waals surface area contributed by atoms with Crippen LogP contribution in [0.2, 0.25) is 0 Å². The molecule has 1 saturated carbocycles. The third-order valence-corrected chi connectivity index (χ3v) is 5.16. The number of fused-ring (bicyclic) bond motifs is 1. The van der Waals surface area contributed by atoms with Crippen LogP contribution in [-0.2, 0) is 16.0 Å². The molecule has 2 amide bonds. The van der Waals surface area contributed by atoms with E-state index in [0.29, 0.717) is 13.1 Å². The van der Waals surface area contributed by atoms with Gasteiger partial charge in [0.2, 0.25) is 0 Å². The number of carbonyl (C=O) groups is 2. The van der Waals surface area contributed by atoms with E-state index in [9.17, 15) is 14.7 Å². The number of anilines is 1. The van der Waals surface area contributed by atoms with Crippen molar-refractivity contribution in [2.24, 2.45) is 5.92 Å². The van der Waals surface area contributed by atoms with E-state index in [2.05, 4.69) is 0 Å². The minimum absolute atomic E-state index is 0.0878. The van der Waals surface area contributed by atoms with Gasteiger partial charge in [-0.3, -0.25) is 9.59 Å². The number of nitrogens with zero attached hydrogens (tertiary/aromatic N) is 2. The smallest absolute Gasteiger partial charge is 0.316 e. The molecule has 124 valence electrons. The van der Waals surface area contributed by atoms with Crippen LogP contribution in [0.25, 0.3) is 0 Å². The molecular weight excluding hydrogens is 292 g/mol. The normalized spacial score (nSPS) is 23.0. The molecule has 0 aromatic heterocycles. The predicted molar refractivity (Wildman–Crippen MR) is 88.2 cm³/mol. The van der Waals surface area contributed by atoms with Gasteiger partial charge in [0.05, 0.1) is 6.10 Å². The van der Waals surface area contributed by atoms with Gasteiger partial charge in [-0.15, -0.1) is 0 Å². The minimum Gasteiger partial charge on any atom is -0.393 e. The van der Waals surface area contributed by atoms with Crippen molar-refractivity contribution >= 4 is 17.5 Å². The summed E-state index contributed by atoms with van der Waals surface area (Å²) in [4.78, 5) is 28.1. The predicted octanol–water partition coefficient (Wildman–Crippen LogP) is 1.50. The molecule has 1 N–H and O–H groups in total. The van der Waals surface area contributed by atoms with E-state index >= 15 is 0 Å². The molecule has 3 rings (SSSR count). The first-order chi connectivity index (χ1) is 11.0. The molecule has 2 aliphatic rings. The summed E-state index contributed by atoms with van der Waals surface area (Å²) in [6.07, 6.45) is 3.14. The van der Waals surface area contributed by atoms with E-state index in [4.69, 9.17) is 0 Å². The van der Waals surface area contributed by atoms with Gasteiger partial charge in [0.1, 0.15) is 0 Å². The van der Waals surface area contributed by atoms with Gasteiger partial charge in [-0.1, -0.05) is 18.6 Å². The zero-order valence-electron chi connectivity index (χ0n) is 13.8. The van der Waals surface area contributed by atoms with E-state index < -0.39 is 11.8 Å². The average molecular weight is 316 g/mol. The van der Waals surface area contributed by atoms with Gasteiger partial charge in [-0.05, 0) is 43.4 Å². The Morgan fingerprint density at radius 1 is 1.35 bits per heavy atom. The lowest BCUT2D eigenvalue weighted by Gasteiger charge is -2.25. The largest absolute Gasteiger partial charge is 0.393 e. The number of rotatable bonds is 2. The van der Waals surface area contributed by atoms with Gasteiger partial charge >= 0.3 is 11.8 Å². The van der Waals surface area contributed by atoms with Crippen LogP contribution in [0.3, 0.4) is 0 Å². The SMILES string of the molecule is Cc1cccc2c1CCN2C(=O)C(=O)N(C)CC1CCCC1O. The Labute approximate surface area is 136 Å². The highest BCUT2D eigenvalue weighted by Gasteiger charge is 2.34. The molecule has 1 aromatic rings. The van der Waals surface area contributed by atoms with Crippen LogP contribution in [0, 0.1) is 12.8 Å². The molecule has 2 unspecified atom stereocenters. The second-order valence-corrected chi connectivity index (χ2v) is 6.72. The number of amides is 2. The highest BCUT2D eigenvalue weighted by atomic mass is 16.3. The Morgan fingerprint density at radius 3 is 2.83 bits per heavy atom. The third-order valence-electron chi connectivity index (χ3n) is 5.16. The fourth-order valence-corrected chi connectivity index (χ4v) is 3.76. The van der Waals surface area contributed by atoms with E-state index in [-0.39, 0.29) is 12.0 Å². The van der Waals surface area contributed by atoms with Crippen LogP contribution in [-0.4, -0.2) is 48.1 Å². The number of hydrogen-bond donors (Lipinski definition) is 1. The molecule has 2 atom stereocenters. The first-order valence-electron chi connectivity index (χ1n) is 8.32. The Balaban J connectivity index is 1.69. The summed E-state index contributed by atoms with van der Waals surface area (Å²) >= 11 is 0. The van der Waals surface area contributed by atoms with Crippen LogP contribution in [0.15, 0.2) is 18.2 Å². The lowest BCUT2D eigenvalue weighted by atomic mass is 10.1. The van der Waals surface area contributed by atoms with Gasteiger partial charge in [-0.2, -0.15) is 0 Å². The van der Waals surface area contributed by atoms with E-state index in [1.54, 1.807) is 11.9 Å². The third kappa shape index (κ3) is 2.98. The molecule has 0 saturated heterocycles. The topological polar surface area (TPSA) is 60.9 Å². The summed E-state index contributed by atoms with van der Waals surface area (Å²) in [6.45, 7) is 3.03. The first kappa shape index (κ1) is 16.0. The van der Waals surface area contributed by atoms with Crippen molar-refractivity contribution in [3.63, 3.8) is 0 Å². The van der Waals surface area contributed by atoms with Crippen molar-refractivity contribution in [3.8, 4) is 0 Å². The Hall–Kier alpha value is -1.88. The zero-order chi connectivity index (χ0) is 16.6. The van der Waals surface area contributed by atoms with E-state index in [0.717, 1.165) is 42.5 Å². The number of carbonyl (C=O) groups excluding carboxylic acids is 2. The molecule has 0 spiro atoms. The summed E-state index contributed by atoms with van der Waals surface area (Å²) in [5.74, 6) is -0.868. The molecule has 1 aliphatic carbocycles. The van der Waals surface area contributed by atoms with Crippen molar-refractivity contribution in [3.05, 3.63) is 29.3 Å². The highest BCUT2D eigenvalue weighted by Crippen LogP contribution is 2.31. The fourth-order valence-electron chi connectivity index (χ4n) is 3.76. The van der Waals surface area contributed by atoms with Crippen molar-refractivity contribution in [1.82, 2.24) is 4.90 Å². The Morgan fingerprint density at radius 2 is 2.13 bits per heavy atom. The number of aliphatic hydroxyl groups excluding tert-OH is 1. The lowest BCUT2D eigenvalue weighted by Crippen LogP contribution is -2.45. The summed E-state index contributed by atoms with van der Waals surface area (Å²) in [5.41, 5.74) is 3.17. The van der Waals surface area contributed by atoms with Gasteiger partial charge in [-0.25, -0.2) is 0 Å². The maximum absolute atomic E-state index is 12.6. The van der Waals surface area contributed by atoms with Crippen LogP contribution >= 0.6 is 0 Å². The fraction of sp³-hybridized carbons (Fsp3) is 0.556. The number of hydrogen-bond acceptors (Lipinski definition) is 3. The maximum Gasteiger partial charge on any atom is 0.316 e. The summed E-state index contributed by atoms with van der Waals surface area (Å²) in [7, 11) is 1.65. The highest BCUT2D eigenvalue weighted by molar-refractivity contribution is 6.40. The molecular formula is C18H24N2O3. The quantitative estimate of drug-likeness (QED) is 0.841. The molecule has 5 heteroatoms. The van der Waals surface area contributed by atoms with Gasteiger partial charge in [0, 0.05) is 31.7 Å². The second kappa shape index (κ2) is 6.32. The number of aliphatic hydroxyl groups is 1. The number of likely N-dealkylation sites (N-methyl/N-ethyl adjacent to an activating group) is 1. The van der Waals surface area contributed by atoms with Crippen molar-refractivity contribution < 1.29 is 14.7 Å². The van der Waals surface area contributed by atoms with Gasteiger partial charge in [0.25, 0.3) is 0 Å². The van der Waals surface area contributed by atoms with E-state index in [1.807, 2.05) is 25.1 Å². The zero-order valence-corrected chi connectivity index (χ0v) is 13.8. The van der Waals surface area contributed by atoms with Gasteiger partial charge in [0.15, 0.2) is 0 Å². The lowest BCUT2D eigenvalue weighted by molar-refractivity contribution is -0.144. The summed E-state index contributed by atoms with van der Waals surface area (Å²) in [6, 6.07) is 5.85. The minimum atomic E-state index is -0.488. The molecule has 1 aliphatic heterocycles. The summed E-state index contributed by atoms with van der Waals surface area (Å²) < 4.78 is 0. The maximum atomic E-state index is 12.6. The van der Waals surface area contributed by atoms with Crippen LogP contribution in [0.5, 0.6) is 0 Å². The Kier molecular flexibility index (Phi) is 4.39. The second-order valence-electron chi connectivity index (χ2n) is 6.72. The van der Waals surface area contributed by atoms with Crippen molar-refractivity contribution in [1.29, 1.82) is 0 Å². The van der Waals surface area contributed by atoms with Crippen molar-refractivity contribution in [2.75, 3.05) is 25.0 Å². The average Bonchev–Trinajstić information content (AvgIpc) is 3.13. The molecule has 1 aromatic carbocycles. The van der Waals surface area contributed by atoms with Crippen LogP contribution in [0.1, 0.15) is 30.4 Å². The first-order valence-corrected chi connectivity index (χ1v) is 8.32. The van der Waals surface area contributed by atoms with Crippen molar-refractivity contribution in [2.45, 2.75) is 38.7 Å². The standard InChI is InChI=1S/C18H24N2O3/c1-12-5-3-7-15-14(12)9-10-20(15)18(23)17(22)19(2)11-13-6-4-8-16(13)21/h3,5,7,13,16,21H,4,6,8-11H2,1-2H3. The number of benzene rings is 1. The molecule has 23 heavy (non-hydrogen) atoms. The van der Waals surface area contributed by atoms with Crippen LogP contribution in [0.4, 0.5) is 5.69 Å². The molecule has 1 fully saturated rings. The Bertz CT molecular complexity index is 629.